The van der Waals surface area contributed by atoms with Crippen LogP contribution in [0, 0.1) is 0 Å². The van der Waals surface area contributed by atoms with Gasteiger partial charge in [0.15, 0.2) is 0 Å². The molecule has 0 aliphatic carbocycles. The summed E-state index contributed by atoms with van der Waals surface area (Å²) >= 11 is 0. The van der Waals surface area contributed by atoms with Gasteiger partial charge in [0.25, 0.3) is 0 Å². The predicted molar refractivity (Wildman–Crippen MR) is 71.7 cm³/mol. The van der Waals surface area contributed by atoms with E-state index in [0.717, 1.165) is 17.9 Å². The van der Waals surface area contributed by atoms with Crippen LogP contribution in [-0.2, 0) is 13.5 Å². The van der Waals surface area contributed by atoms with Gasteiger partial charge in [-0.25, -0.2) is 0 Å². The normalized spacial score (nSPS) is 12.4. The molecular weight excluding hydrogens is 226 g/mol. The van der Waals surface area contributed by atoms with E-state index < -0.39 is 0 Å². The van der Waals surface area contributed by atoms with E-state index in [4.69, 9.17) is 4.74 Å². The summed E-state index contributed by atoms with van der Waals surface area (Å²) in [6.45, 7) is 0. The van der Waals surface area contributed by atoms with Crippen molar-refractivity contribution in [3.8, 4) is 5.75 Å². The predicted octanol–water partition coefficient (Wildman–Crippen LogP) is 1.93. The number of hydrogen-bond donors (Lipinski definition) is 1. The number of rotatable bonds is 5. The zero-order valence-corrected chi connectivity index (χ0v) is 11.1. The van der Waals surface area contributed by atoms with E-state index in [2.05, 4.69) is 22.5 Å². The third-order valence-corrected chi connectivity index (χ3v) is 3.03. The van der Waals surface area contributed by atoms with Gasteiger partial charge in [-0.15, -0.1) is 0 Å². The van der Waals surface area contributed by atoms with Crippen LogP contribution in [-0.4, -0.2) is 23.9 Å². The second-order valence-corrected chi connectivity index (χ2v) is 4.30. The molecule has 2 rings (SSSR count). The van der Waals surface area contributed by atoms with Crippen LogP contribution in [0.25, 0.3) is 0 Å². The first-order valence-corrected chi connectivity index (χ1v) is 6.02. The quantitative estimate of drug-likeness (QED) is 0.875. The Morgan fingerprint density at radius 3 is 2.83 bits per heavy atom. The number of aromatic nitrogens is 2. The summed E-state index contributed by atoms with van der Waals surface area (Å²) in [5, 5.41) is 7.73. The molecule has 0 saturated carbocycles. The van der Waals surface area contributed by atoms with Gasteiger partial charge >= 0.3 is 0 Å². The largest absolute Gasteiger partial charge is 0.497 e. The Morgan fingerprint density at radius 2 is 2.22 bits per heavy atom. The fourth-order valence-electron chi connectivity index (χ4n) is 2.03. The molecule has 4 nitrogen and oxygen atoms in total. The van der Waals surface area contributed by atoms with Gasteiger partial charge in [-0.05, 0) is 30.8 Å². The molecule has 4 heteroatoms. The lowest BCUT2D eigenvalue weighted by atomic mass is 10.0. The number of ether oxygens (including phenoxy) is 1. The van der Waals surface area contributed by atoms with Gasteiger partial charge in [0.05, 0.1) is 12.8 Å². The first-order valence-electron chi connectivity index (χ1n) is 6.02. The molecule has 0 spiro atoms. The van der Waals surface area contributed by atoms with Crippen molar-refractivity contribution >= 4 is 0 Å². The van der Waals surface area contributed by atoms with Crippen molar-refractivity contribution in [2.75, 3.05) is 14.2 Å². The average Bonchev–Trinajstić information content (AvgIpc) is 2.81. The van der Waals surface area contributed by atoms with Gasteiger partial charge in [0.1, 0.15) is 5.75 Å². The Hall–Kier alpha value is -1.81. The van der Waals surface area contributed by atoms with Crippen molar-refractivity contribution in [3.05, 3.63) is 47.8 Å². The zero-order valence-electron chi connectivity index (χ0n) is 11.1. The van der Waals surface area contributed by atoms with E-state index in [1.807, 2.05) is 43.2 Å². The van der Waals surface area contributed by atoms with Crippen molar-refractivity contribution < 1.29 is 4.74 Å². The van der Waals surface area contributed by atoms with Gasteiger partial charge in [-0.2, -0.15) is 5.10 Å². The Labute approximate surface area is 108 Å². The maximum absolute atomic E-state index is 5.26. The van der Waals surface area contributed by atoms with Gasteiger partial charge in [0, 0.05) is 25.7 Å². The summed E-state index contributed by atoms with van der Waals surface area (Å²) in [6, 6.07) is 10.4. The van der Waals surface area contributed by atoms with Gasteiger partial charge in [-0.3, -0.25) is 4.68 Å². The van der Waals surface area contributed by atoms with Crippen molar-refractivity contribution in [2.45, 2.75) is 12.5 Å². The first-order chi connectivity index (χ1) is 8.72. The first kappa shape index (κ1) is 12.6. The summed E-state index contributed by atoms with van der Waals surface area (Å²) in [5.74, 6) is 0.883. The van der Waals surface area contributed by atoms with Crippen LogP contribution >= 0.6 is 0 Å². The molecule has 0 amide bonds. The average molecular weight is 245 g/mol. The van der Waals surface area contributed by atoms with E-state index in [9.17, 15) is 0 Å². The molecule has 1 heterocycles. The highest BCUT2D eigenvalue weighted by Crippen LogP contribution is 2.21. The Kier molecular flexibility index (Phi) is 3.99. The maximum atomic E-state index is 5.26. The Bertz CT molecular complexity index is 507. The number of hydrogen-bond acceptors (Lipinski definition) is 3. The van der Waals surface area contributed by atoms with Gasteiger partial charge < -0.3 is 10.1 Å². The molecule has 2 aromatic rings. The lowest BCUT2D eigenvalue weighted by Crippen LogP contribution is -2.19. The van der Waals surface area contributed by atoms with Crippen LogP contribution in [0.1, 0.15) is 17.3 Å². The van der Waals surface area contributed by atoms with Crippen LogP contribution in [0.3, 0.4) is 0 Å². The standard InChI is InChI=1S/C14H19N3O/c1-15-14(10-12-7-8-17(2)16-12)11-5-4-6-13(9-11)18-3/h4-9,14-15H,10H2,1-3H3. The molecule has 0 radical (unpaired) electrons. The summed E-state index contributed by atoms with van der Waals surface area (Å²) in [4.78, 5) is 0. The highest BCUT2D eigenvalue weighted by Gasteiger charge is 2.12. The molecule has 96 valence electrons. The smallest absolute Gasteiger partial charge is 0.119 e. The van der Waals surface area contributed by atoms with Gasteiger partial charge in [0.2, 0.25) is 0 Å². The van der Waals surface area contributed by atoms with E-state index in [1.54, 1.807) is 7.11 Å². The molecular formula is C14H19N3O. The minimum Gasteiger partial charge on any atom is -0.497 e. The van der Waals surface area contributed by atoms with Crippen LogP contribution < -0.4 is 10.1 Å². The monoisotopic (exact) mass is 245 g/mol. The fourth-order valence-corrected chi connectivity index (χ4v) is 2.03. The molecule has 0 fully saturated rings. The van der Waals surface area contributed by atoms with Crippen molar-refractivity contribution in [2.24, 2.45) is 7.05 Å². The molecule has 18 heavy (non-hydrogen) atoms. The minimum absolute atomic E-state index is 0.245. The number of methoxy groups -OCH3 is 1. The summed E-state index contributed by atoms with van der Waals surface area (Å²) in [6.07, 6.45) is 2.83. The third-order valence-electron chi connectivity index (χ3n) is 3.03. The summed E-state index contributed by atoms with van der Waals surface area (Å²) in [5.41, 5.74) is 2.29. The number of nitrogens with one attached hydrogen (secondary N) is 1. The van der Waals surface area contributed by atoms with E-state index in [1.165, 1.54) is 5.56 Å². The fraction of sp³-hybridized carbons (Fsp3) is 0.357. The van der Waals surface area contributed by atoms with Crippen molar-refractivity contribution in [3.63, 3.8) is 0 Å². The molecule has 0 aliphatic rings. The molecule has 1 atom stereocenters. The Morgan fingerprint density at radius 1 is 1.39 bits per heavy atom. The topological polar surface area (TPSA) is 39.1 Å². The Balaban J connectivity index is 2.17. The number of nitrogens with zero attached hydrogens (tertiary/aromatic N) is 2. The second-order valence-electron chi connectivity index (χ2n) is 4.30. The summed E-state index contributed by atoms with van der Waals surface area (Å²) in [7, 11) is 5.59. The highest BCUT2D eigenvalue weighted by atomic mass is 16.5. The molecule has 1 unspecified atom stereocenters. The number of aryl methyl sites for hydroxylation is 1. The van der Waals surface area contributed by atoms with E-state index in [-0.39, 0.29) is 6.04 Å². The third kappa shape index (κ3) is 2.90. The highest BCUT2D eigenvalue weighted by molar-refractivity contribution is 5.31. The van der Waals surface area contributed by atoms with Crippen LogP contribution in [0.5, 0.6) is 5.75 Å². The van der Waals surface area contributed by atoms with Crippen LogP contribution in [0.4, 0.5) is 0 Å². The molecule has 1 aromatic heterocycles. The molecule has 0 aliphatic heterocycles. The summed E-state index contributed by atoms with van der Waals surface area (Å²) < 4.78 is 7.08. The van der Waals surface area contributed by atoms with E-state index >= 15 is 0 Å². The lowest BCUT2D eigenvalue weighted by molar-refractivity contribution is 0.413. The molecule has 0 bridgehead atoms. The van der Waals surface area contributed by atoms with Crippen LogP contribution in [0.2, 0.25) is 0 Å². The minimum atomic E-state index is 0.245. The maximum Gasteiger partial charge on any atom is 0.119 e. The van der Waals surface area contributed by atoms with Crippen molar-refractivity contribution in [1.29, 1.82) is 0 Å². The number of benzene rings is 1. The zero-order chi connectivity index (χ0) is 13.0. The van der Waals surface area contributed by atoms with Gasteiger partial charge in [-0.1, -0.05) is 12.1 Å². The SMILES string of the molecule is CNC(Cc1ccn(C)n1)c1cccc(OC)c1. The second kappa shape index (κ2) is 5.69. The molecule has 0 saturated heterocycles. The molecule has 1 aromatic carbocycles. The lowest BCUT2D eigenvalue weighted by Gasteiger charge is -2.16. The van der Waals surface area contributed by atoms with Crippen LogP contribution in [0.15, 0.2) is 36.5 Å². The van der Waals surface area contributed by atoms with E-state index in [0.29, 0.717) is 0 Å². The molecule has 1 N–H and O–H groups in total. The number of likely N-dealkylation sites (N-methyl/N-ethyl adjacent to an activating group) is 1. The van der Waals surface area contributed by atoms with Crippen molar-refractivity contribution in [1.82, 2.24) is 15.1 Å².